The number of hydrogen-bond donors (Lipinski definition) is 1. The van der Waals surface area contributed by atoms with Crippen LogP contribution in [0.25, 0.3) is 0 Å². The third-order valence-electron chi connectivity index (χ3n) is 1.14. The van der Waals surface area contributed by atoms with E-state index in [1.807, 2.05) is 12.3 Å². The van der Waals surface area contributed by atoms with Crippen molar-refractivity contribution in [2.24, 2.45) is 0 Å². The molecular formula is C7H10N. The number of rotatable bonds is 1. The van der Waals surface area contributed by atoms with Crippen LogP contribution in [0.15, 0.2) is 12.3 Å². The third kappa shape index (κ3) is 0.915. The van der Waals surface area contributed by atoms with Gasteiger partial charge in [0.15, 0.2) is 0 Å². The Kier molecular flexibility index (Phi) is 1.38. The molecule has 0 amide bonds. The van der Waals surface area contributed by atoms with Gasteiger partial charge in [0.2, 0.25) is 0 Å². The van der Waals surface area contributed by atoms with Crippen molar-refractivity contribution in [1.82, 2.24) is 4.98 Å². The van der Waals surface area contributed by atoms with Crippen LogP contribution in [-0.2, 0) is 0 Å². The topological polar surface area (TPSA) is 15.8 Å². The predicted molar refractivity (Wildman–Crippen MR) is 33.7 cm³/mol. The zero-order valence-electron chi connectivity index (χ0n) is 5.23. The fraction of sp³-hybridized carbons (Fsp3) is 0.429. The molecule has 0 aliphatic carbocycles. The molecule has 1 radical (unpaired) electrons. The quantitative estimate of drug-likeness (QED) is 0.565. The van der Waals surface area contributed by atoms with Crippen molar-refractivity contribution in [3.8, 4) is 0 Å². The number of H-pyrrole nitrogens is 1. The number of aromatic nitrogens is 1. The molecule has 1 aromatic heterocycles. The summed E-state index contributed by atoms with van der Waals surface area (Å²) in [5.41, 5.74) is 1.19. The summed E-state index contributed by atoms with van der Waals surface area (Å²) < 4.78 is 0. The van der Waals surface area contributed by atoms with Gasteiger partial charge in [-0.2, -0.15) is 0 Å². The highest BCUT2D eigenvalue weighted by atomic mass is 14.7. The van der Waals surface area contributed by atoms with Crippen molar-refractivity contribution >= 4 is 0 Å². The molecule has 0 spiro atoms. The van der Waals surface area contributed by atoms with Gasteiger partial charge in [0.1, 0.15) is 0 Å². The maximum Gasteiger partial charge on any atom is 0.0253 e. The summed E-state index contributed by atoms with van der Waals surface area (Å²) >= 11 is 0. The second-order valence-corrected chi connectivity index (χ2v) is 2.19. The van der Waals surface area contributed by atoms with Crippen LogP contribution in [0.5, 0.6) is 0 Å². The second-order valence-electron chi connectivity index (χ2n) is 2.19. The Labute approximate surface area is 49.7 Å². The van der Waals surface area contributed by atoms with Crippen LogP contribution in [0.1, 0.15) is 25.5 Å². The van der Waals surface area contributed by atoms with Gasteiger partial charge in [-0.1, -0.05) is 13.8 Å². The molecule has 0 aliphatic rings. The van der Waals surface area contributed by atoms with E-state index in [4.69, 9.17) is 0 Å². The molecule has 0 saturated heterocycles. The van der Waals surface area contributed by atoms with Crippen molar-refractivity contribution in [1.29, 1.82) is 0 Å². The van der Waals surface area contributed by atoms with Gasteiger partial charge in [-0.25, -0.2) is 0 Å². The molecule has 0 aliphatic heterocycles. The van der Waals surface area contributed by atoms with Crippen LogP contribution in [0, 0.1) is 6.07 Å². The van der Waals surface area contributed by atoms with E-state index in [0.717, 1.165) is 0 Å². The van der Waals surface area contributed by atoms with Crippen LogP contribution < -0.4 is 0 Å². The van der Waals surface area contributed by atoms with Crippen molar-refractivity contribution in [3.63, 3.8) is 0 Å². The Morgan fingerprint density at radius 3 is 2.62 bits per heavy atom. The van der Waals surface area contributed by atoms with E-state index < -0.39 is 0 Å². The average Bonchev–Trinajstić information content (AvgIpc) is 2.12. The van der Waals surface area contributed by atoms with Gasteiger partial charge in [-0.05, 0) is 12.0 Å². The van der Waals surface area contributed by atoms with Crippen molar-refractivity contribution in [2.45, 2.75) is 19.8 Å². The number of aromatic amines is 1. The van der Waals surface area contributed by atoms with E-state index in [0.29, 0.717) is 5.92 Å². The molecule has 0 saturated carbocycles. The van der Waals surface area contributed by atoms with E-state index in [1.165, 1.54) is 5.69 Å². The summed E-state index contributed by atoms with van der Waals surface area (Å²) in [6.45, 7) is 4.28. The minimum atomic E-state index is 0.574. The van der Waals surface area contributed by atoms with E-state index in [1.54, 1.807) is 0 Å². The first-order valence-electron chi connectivity index (χ1n) is 2.85. The molecule has 1 heteroatoms. The van der Waals surface area contributed by atoms with Gasteiger partial charge < -0.3 is 4.98 Å². The van der Waals surface area contributed by atoms with Gasteiger partial charge >= 0.3 is 0 Å². The second kappa shape index (κ2) is 2.03. The highest BCUT2D eigenvalue weighted by molar-refractivity contribution is 5.05. The molecule has 1 heterocycles. The van der Waals surface area contributed by atoms with E-state index >= 15 is 0 Å². The highest BCUT2D eigenvalue weighted by Crippen LogP contribution is 2.08. The zero-order valence-corrected chi connectivity index (χ0v) is 5.23. The maximum atomic E-state index is 3.08. The van der Waals surface area contributed by atoms with Crippen LogP contribution >= 0.6 is 0 Å². The van der Waals surface area contributed by atoms with Gasteiger partial charge in [0.25, 0.3) is 0 Å². The molecule has 43 valence electrons. The number of nitrogens with one attached hydrogen (secondary N) is 1. The lowest BCUT2D eigenvalue weighted by atomic mass is 10.1. The maximum absolute atomic E-state index is 3.08. The Hall–Kier alpha value is -0.720. The molecule has 1 rings (SSSR count). The van der Waals surface area contributed by atoms with E-state index in [-0.39, 0.29) is 0 Å². The molecule has 0 unspecified atom stereocenters. The lowest BCUT2D eigenvalue weighted by Crippen LogP contribution is -1.84. The van der Waals surface area contributed by atoms with Gasteiger partial charge in [-0.3, -0.25) is 0 Å². The molecule has 1 aromatic rings. The molecule has 0 aromatic carbocycles. The van der Waals surface area contributed by atoms with Crippen molar-refractivity contribution in [3.05, 3.63) is 24.0 Å². The summed E-state index contributed by atoms with van der Waals surface area (Å²) in [6, 6.07) is 4.98. The largest absolute Gasteiger partial charge is 0.364 e. The summed E-state index contributed by atoms with van der Waals surface area (Å²) in [7, 11) is 0. The van der Waals surface area contributed by atoms with Crippen molar-refractivity contribution < 1.29 is 0 Å². The highest BCUT2D eigenvalue weighted by Gasteiger charge is 1.95. The molecule has 8 heavy (non-hydrogen) atoms. The van der Waals surface area contributed by atoms with Crippen LogP contribution in [-0.4, -0.2) is 4.98 Å². The first kappa shape index (κ1) is 5.42. The van der Waals surface area contributed by atoms with Gasteiger partial charge in [0, 0.05) is 18.0 Å². The minimum Gasteiger partial charge on any atom is -0.364 e. The molecule has 0 fully saturated rings. The Bertz CT molecular complexity index is 139. The van der Waals surface area contributed by atoms with Crippen LogP contribution in [0.4, 0.5) is 0 Å². The smallest absolute Gasteiger partial charge is 0.0253 e. The van der Waals surface area contributed by atoms with E-state index in [2.05, 4.69) is 24.9 Å². The lowest BCUT2D eigenvalue weighted by molar-refractivity contribution is 0.831. The monoisotopic (exact) mass is 108 g/mol. The zero-order chi connectivity index (χ0) is 5.98. The Balaban J connectivity index is 2.77. The minimum absolute atomic E-state index is 0.574. The molecular weight excluding hydrogens is 98.1 g/mol. The first-order valence-corrected chi connectivity index (χ1v) is 2.85. The fourth-order valence-corrected chi connectivity index (χ4v) is 0.638. The van der Waals surface area contributed by atoms with Crippen LogP contribution in [0.3, 0.4) is 0 Å². The lowest BCUT2D eigenvalue weighted by Gasteiger charge is -1.96. The average molecular weight is 108 g/mol. The summed E-state index contributed by atoms with van der Waals surface area (Å²) in [5.74, 6) is 0.574. The molecule has 0 bridgehead atoms. The number of hydrogen-bond acceptors (Lipinski definition) is 0. The Morgan fingerprint density at radius 2 is 2.38 bits per heavy atom. The summed E-state index contributed by atoms with van der Waals surface area (Å²) in [5, 5.41) is 0. The van der Waals surface area contributed by atoms with Gasteiger partial charge in [-0.15, -0.1) is 0 Å². The van der Waals surface area contributed by atoms with Gasteiger partial charge in [0.05, 0.1) is 0 Å². The van der Waals surface area contributed by atoms with E-state index in [9.17, 15) is 0 Å². The molecule has 0 atom stereocenters. The summed E-state index contributed by atoms with van der Waals surface area (Å²) in [4.78, 5) is 3.08. The molecule has 1 nitrogen and oxygen atoms in total. The third-order valence-corrected chi connectivity index (χ3v) is 1.14. The Morgan fingerprint density at radius 1 is 1.62 bits per heavy atom. The van der Waals surface area contributed by atoms with Crippen LogP contribution in [0.2, 0.25) is 0 Å². The normalized spacial score (nSPS) is 10.4. The first-order chi connectivity index (χ1) is 3.80. The predicted octanol–water partition coefficient (Wildman–Crippen LogP) is 1.94. The van der Waals surface area contributed by atoms with Crippen molar-refractivity contribution in [2.75, 3.05) is 0 Å². The standard InChI is InChI=1S/C7H10N/c1-6(2)7-4-3-5-8-7/h3,5-6,8H,1-2H3. The summed E-state index contributed by atoms with van der Waals surface area (Å²) in [6.07, 6.45) is 1.90. The molecule has 1 N–H and O–H groups in total. The SMILES string of the molecule is CC(C)c1[c]cc[nH]1. The fourth-order valence-electron chi connectivity index (χ4n) is 0.638.